The number of urea groups is 1. The third-order valence-electron chi connectivity index (χ3n) is 5.34. The van der Waals surface area contributed by atoms with Gasteiger partial charge >= 0.3 is 6.03 Å². The zero-order chi connectivity index (χ0) is 23.7. The number of rotatable bonds is 5. The minimum absolute atomic E-state index is 0.132. The lowest BCUT2D eigenvalue weighted by atomic mass is 10.1. The molecule has 2 heterocycles. The molecule has 4 amide bonds. The third-order valence-corrected chi connectivity index (χ3v) is 5.60. The number of nitrogens with one attached hydrogen (secondary N) is 1. The number of hydrogen-bond donors (Lipinski definition) is 1. The van der Waals surface area contributed by atoms with Gasteiger partial charge in [-0.3, -0.25) is 14.9 Å². The summed E-state index contributed by atoms with van der Waals surface area (Å²) in [5.74, 6) is -0.920. The Balaban J connectivity index is 1.73. The number of amides is 4. The summed E-state index contributed by atoms with van der Waals surface area (Å²) in [5, 5.41) is 2.89. The predicted molar refractivity (Wildman–Crippen MR) is 127 cm³/mol. The van der Waals surface area contributed by atoms with Crippen LogP contribution in [0.1, 0.15) is 23.9 Å². The molecular weight excluding hydrogens is 442 g/mol. The fourth-order valence-corrected chi connectivity index (χ4v) is 3.97. The van der Waals surface area contributed by atoms with Crippen molar-refractivity contribution in [3.8, 4) is 11.4 Å². The number of benzene rings is 2. The molecule has 1 saturated heterocycles. The topological polar surface area (TPSA) is 80.6 Å². The average Bonchev–Trinajstić information content (AvgIpc) is 3.05. The summed E-state index contributed by atoms with van der Waals surface area (Å²) < 4.78 is 7.47. The van der Waals surface area contributed by atoms with Crippen LogP contribution in [-0.2, 0) is 9.59 Å². The molecule has 1 aliphatic rings. The van der Waals surface area contributed by atoms with Crippen molar-refractivity contribution in [3.05, 3.63) is 82.1 Å². The normalized spacial score (nSPS) is 15.2. The molecule has 2 aromatic carbocycles. The molecule has 1 fully saturated rings. The summed E-state index contributed by atoms with van der Waals surface area (Å²) in [6, 6.07) is 15.1. The van der Waals surface area contributed by atoms with E-state index < -0.39 is 17.8 Å². The highest BCUT2D eigenvalue weighted by Crippen LogP contribution is 2.28. The number of nitrogens with zero attached hydrogens (tertiary/aromatic N) is 2. The van der Waals surface area contributed by atoms with Crippen LogP contribution in [0.4, 0.5) is 10.5 Å². The van der Waals surface area contributed by atoms with Crippen LogP contribution in [0, 0.1) is 13.8 Å². The standard InChI is InChI=1S/C25H22ClN3O4/c1-4-33-21-7-5-6-20(14-21)29-24(31)22(23(30)27-25(29)32)13-17-12-15(2)28(16(17)3)19-10-8-18(26)9-11-19/h5-14H,4H2,1-3H3,(H,27,30,32)/b22-13+. The summed E-state index contributed by atoms with van der Waals surface area (Å²) >= 11 is 6.01. The van der Waals surface area contributed by atoms with Crippen molar-refractivity contribution in [2.45, 2.75) is 20.8 Å². The van der Waals surface area contributed by atoms with Crippen LogP contribution < -0.4 is 15.0 Å². The summed E-state index contributed by atoms with van der Waals surface area (Å²) in [6.45, 7) is 6.11. The van der Waals surface area contributed by atoms with Crippen LogP contribution >= 0.6 is 11.6 Å². The molecule has 8 heteroatoms. The molecule has 4 rings (SSSR count). The van der Waals surface area contributed by atoms with Gasteiger partial charge in [-0.1, -0.05) is 17.7 Å². The molecule has 1 N–H and O–H groups in total. The van der Waals surface area contributed by atoms with Crippen molar-refractivity contribution in [2.24, 2.45) is 0 Å². The predicted octanol–water partition coefficient (Wildman–Crippen LogP) is 4.81. The molecule has 168 valence electrons. The molecule has 0 saturated carbocycles. The zero-order valence-electron chi connectivity index (χ0n) is 18.4. The summed E-state index contributed by atoms with van der Waals surface area (Å²) in [6.07, 6.45) is 1.51. The van der Waals surface area contributed by atoms with Crippen molar-refractivity contribution in [3.63, 3.8) is 0 Å². The largest absolute Gasteiger partial charge is 0.494 e. The minimum atomic E-state index is -0.803. The van der Waals surface area contributed by atoms with E-state index in [9.17, 15) is 14.4 Å². The molecule has 0 bridgehead atoms. The number of carbonyl (C=O) groups excluding carboxylic acids is 3. The second-order valence-corrected chi connectivity index (χ2v) is 7.96. The van der Waals surface area contributed by atoms with Crippen LogP contribution in [0.5, 0.6) is 5.75 Å². The summed E-state index contributed by atoms with van der Waals surface area (Å²) in [5.41, 5.74) is 3.54. The molecule has 1 aliphatic heterocycles. The summed E-state index contributed by atoms with van der Waals surface area (Å²) in [7, 11) is 0. The minimum Gasteiger partial charge on any atom is -0.494 e. The quantitative estimate of drug-likeness (QED) is 0.435. The molecule has 0 unspecified atom stereocenters. The lowest BCUT2D eigenvalue weighted by molar-refractivity contribution is -0.122. The number of aryl methyl sites for hydroxylation is 1. The maximum atomic E-state index is 13.2. The number of hydrogen-bond acceptors (Lipinski definition) is 4. The van der Waals surface area contributed by atoms with Crippen LogP contribution in [0.3, 0.4) is 0 Å². The molecule has 0 atom stereocenters. The Hall–Kier alpha value is -3.84. The molecule has 0 radical (unpaired) electrons. The molecule has 0 aliphatic carbocycles. The van der Waals surface area contributed by atoms with Gasteiger partial charge in [0.1, 0.15) is 11.3 Å². The highest BCUT2D eigenvalue weighted by molar-refractivity contribution is 6.39. The molecule has 33 heavy (non-hydrogen) atoms. The number of halogens is 1. The average molecular weight is 464 g/mol. The maximum absolute atomic E-state index is 13.2. The van der Waals surface area contributed by atoms with Crippen molar-refractivity contribution in [1.29, 1.82) is 0 Å². The maximum Gasteiger partial charge on any atom is 0.335 e. The van der Waals surface area contributed by atoms with Gasteiger partial charge in [0, 0.05) is 28.2 Å². The van der Waals surface area contributed by atoms with Gasteiger partial charge in [-0.2, -0.15) is 0 Å². The van der Waals surface area contributed by atoms with Crippen molar-refractivity contribution < 1.29 is 19.1 Å². The van der Waals surface area contributed by atoms with Crippen molar-refractivity contribution >= 4 is 41.2 Å². The molecule has 1 aromatic heterocycles. The second-order valence-electron chi connectivity index (χ2n) is 7.53. The Morgan fingerprint density at radius 3 is 2.42 bits per heavy atom. The van der Waals surface area contributed by atoms with E-state index >= 15 is 0 Å². The number of carbonyl (C=O) groups is 3. The van der Waals surface area contributed by atoms with E-state index in [2.05, 4.69) is 5.32 Å². The van der Waals surface area contributed by atoms with Crippen LogP contribution in [0.25, 0.3) is 11.8 Å². The highest BCUT2D eigenvalue weighted by atomic mass is 35.5. The van der Waals surface area contributed by atoms with Gasteiger partial charge < -0.3 is 9.30 Å². The fraction of sp³-hybridized carbons (Fsp3) is 0.160. The number of imide groups is 2. The Morgan fingerprint density at radius 1 is 1.00 bits per heavy atom. The van der Waals surface area contributed by atoms with Crippen LogP contribution in [0.15, 0.2) is 60.2 Å². The number of anilines is 1. The molecule has 0 spiro atoms. The lowest BCUT2D eigenvalue weighted by Gasteiger charge is -2.26. The van der Waals surface area contributed by atoms with E-state index in [1.807, 2.05) is 43.5 Å². The number of barbiturate groups is 1. The van der Waals surface area contributed by atoms with Gasteiger partial charge in [-0.15, -0.1) is 0 Å². The first-order chi connectivity index (χ1) is 15.8. The smallest absolute Gasteiger partial charge is 0.335 e. The first-order valence-corrected chi connectivity index (χ1v) is 10.8. The van der Waals surface area contributed by atoms with E-state index in [0.717, 1.165) is 22.0 Å². The van der Waals surface area contributed by atoms with E-state index in [1.54, 1.807) is 36.4 Å². The van der Waals surface area contributed by atoms with Crippen molar-refractivity contribution in [2.75, 3.05) is 11.5 Å². The van der Waals surface area contributed by atoms with Crippen LogP contribution in [0.2, 0.25) is 5.02 Å². The monoisotopic (exact) mass is 463 g/mol. The van der Waals surface area contributed by atoms with Gasteiger partial charge in [0.25, 0.3) is 11.8 Å². The molecule has 3 aromatic rings. The Labute approximate surface area is 196 Å². The third kappa shape index (κ3) is 4.27. The van der Waals surface area contributed by atoms with E-state index in [0.29, 0.717) is 28.6 Å². The Bertz CT molecular complexity index is 1290. The van der Waals surface area contributed by atoms with Crippen molar-refractivity contribution in [1.82, 2.24) is 9.88 Å². The number of aromatic nitrogens is 1. The highest BCUT2D eigenvalue weighted by Gasteiger charge is 2.37. The lowest BCUT2D eigenvalue weighted by Crippen LogP contribution is -2.54. The van der Waals surface area contributed by atoms with Gasteiger partial charge in [0.15, 0.2) is 0 Å². The molecule has 7 nitrogen and oxygen atoms in total. The van der Waals surface area contributed by atoms with E-state index in [-0.39, 0.29) is 5.57 Å². The fourth-order valence-electron chi connectivity index (χ4n) is 3.85. The van der Waals surface area contributed by atoms with Gasteiger partial charge in [-0.05, 0) is 74.9 Å². The number of ether oxygens (including phenoxy) is 1. The first-order valence-electron chi connectivity index (χ1n) is 10.4. The zero-order valence-corrected chi connectivity index (χ0v) is 19.1. The Morgan fingerprint density at radius 2 is 1.73 bits per heavy atom. The molecular formula is C25H22ClN3O4. The van der Waals surface area contributed by atoms with Crippen LogP contribution in [-0.4, -0.2) is 29.0 Å². The van der Waals surface area contributed by atoms with Gasteiger partial charge in [0.05, 0.1) is 12.3 Å². The van der Waals surface area contributed by atoms with E-state index in [4.69, 9.17) is 16.3 Å². The summed E-state index contributed by atoms with van der Waals surface area (Å²) in [4.78, 5) is 39.3. The second kappa shape index (κ2) is 8.96. The first kappa shape index (κ1) is 22.4. The van der Waals surface area contributed by atoms with Gasteiger partial charge in [0.2, 0.25) is 0 Å². The SMILES string of the molecule is CCOc1cccc(N2C(=O)NC(=O)/C(=C\c3cc(C)n(-c4ccc(Cl)cc4)c3C)C2=O)c1. The van der Waals surface area contributed by atoms with Gasteiger partial charge in [-0.25, -0.2) is 9.69 Å². The van der Waals surface area contributed by atoms with E-state index in [1.165, 1.54) is 6.08 Å². The Kier molecular flexibility index (Phi) is 6.07.